The first-order chi connectivity index (χ1) is 14.3. The number of fused-ring (bicyclic) bond motifs is 1. The number of ether oxygens (including phenoxy) is 2. The molecule has 0 saturated carbocycles. The van der Waals surface area contributed by atoms with Crippen molar-refractivity contribution < 1.29 is 27.9 Å². The molecule has 0 aromatic heterocycles. The standard InChI is InChI=1S/C21H41N3O6Si2/c1-13(25)24-17-16(29-19(24)23-18(22)26)15(30-32(10,11)21(5,6)7)14(28-17)12-27-31(8,9)20(2,3)4/h14-17H,12H2,1-11H3,(H2,22,26)/b23-19+/t14-,15-,16+,17-/m1/s1. The molecule has 4 atom stereocenters. The van der Waals surface area contributed by atoms with Crippen molar-refractivity contribution in [2.45, 2.75) is 109 Å². The molecule has 0 radical (unpaired) electrons. The van der Waals surface area contributed by atoms with Crippen LogP contribution in [0.5, 0.6) is 0 Å². The molecule has 0 spiro atoms. The van der Waals surface area contributed by atoms with Crippen LogP contribution in [0.25, 0.3) is 0 Å². The van der Waals surface area contributed by atoms with E-state index in [0.717, 1.165) is 0 Å². The zero-order chi connectivity index (χ0) is 24.9. The summed E-state index contributed by atoms with van der Waals surface area (Å²) in [5, 5.41) is -0.000566. The van der Waals surface area contributed by atoms with Gasteiger partial charge < -0.3 is 24.1 Å². The summed E-state index contributed by atoms with van der Waals surface area (Å²) in [5.41, 5.74) is 5.22. The van der Waals surface area contributed by atoms with Gasteiger partial charge in [-0.1, -0.05) is 41.5 Å². The van der Waals surface area contributed by atoms with E-state index in [-0.39, 0.29) is 22.0 Å². The van der Waals surface area contributed by atoms with Crippen LogP contribution in [0.15, 0.2) is 4.99 Å². The second kappa shape index (κ2) is 8.82. The number of carbonyl (C=O) groups excluding carboxylic acids is 2. The predicted molar refractivity (Wildman–Crippen MR) is 128 cm³/mol. The zero-order valence-corrected chi connectivity index (χ0v) is 23.4. The summed E-state index contributed by atoms with van der Waals surface area (Å²) in [4.78, 5) is 28.7. The number of carbonyl (C=O) groups is 2. The Hall–Kier alpha value is -1.28. The number of amidine groups is 1. The molecule has 2 heterocycles. The van der Waals surface area contributed by atoms with Crippen molar-refractivity contribution in [1.29, 1.82) is 0 Å². The molecule has 0 aromatic rings. The third kappa shape index (κ3) is 5.44. The first kappa shape index (κ1) is 27.0. The fourth-order valence-electron chi connectivity index (χ4n) is 3.12. The van der Waals surface area contributed by atoms with Crippen molar-refractivity contribution in [2.75, 3.05) is 6.61 Å². The second-order valence-corrected chi connectivity index (χ2v) is 21.2. The monoisotopic (exact) mass is 487 g/mol. The molecule has 2 rings (SSSR count). The minimum Gasteiger partial charge on any atom is -0.453 e. The van der Waals surface area contributed by atoms with Crippen LogP contribution >= 0.6 is 0 Å². The van der Waals surface area contributed by atoms with Crippen LogP contribution in [-0.2, 0) is 23.1 Å². The van der Waals surface area contributed by atoms with Crippen molar-refractivity contribution >= 4 is 34.6 Å². The van der Waals surface area contributed by atoms with Crippen LogP contribution in [0.3, 0.4) is 0 Å². The number of primary amides is 1. The summed E-state index contributed by atoms with van der Waals surface area (Å²) in [7, 11) is -4.26. The smallest absolute Gasteiger partial charge is 0.342 e. The quantitative estimate of drug-likeness (QED) is 0.590. The van der Waals surface area contributed by atoms with Gasteiger partial charge in [0.1, 0.15) is 12.2 Å². The van der Waals surface area contributed by atoms with Crippen LogP contribution in [0.1, 0.15) is 48.5 Å². The lowest BCUT2D eigenvalue weighted by atomic mass is 10.1. The number of rotatable bonds is 5. The Labute approximate surface area is 194 Å². The van der Waals surface area contributed by atoms with Gasteiger partial charge in [0, 0.05) is 6.92 Å². The normalized spacial score (nSPS) is 28.1. The molecule has 2 fully saturated rings. The number of nitrogens with zero attached hydrogens (tertiary/aromatic N) is 2. The van der Waals surface area contributed by atoms with Crippen molar-refractivity contribution in [2.24, 2.45) is 10.7 Å². The van der Waals surface area contributed by atoms with E-state index in [0.29, 0.717) is 6.61 Å². The fourth-order valence-corrected chi connectivity index (χ4v) is 5.45. The largest absolute Gasteiger partial charge is 0.453 e. The van der Waals surface area contributed by atoms with Gasteiger partial charge >= 0.3 is 12.1 Å². The molecule has 0 aromatic carbocycles. The zero-order valence-electron chi connectivity index (χ0n) is 21.4. The van der Waals surface area contributed by atoms with E-state index in [2.05, 4.69) is 72.7 Å². The number of aliphatic imine (C=N–C) groups is 1. The van der Waals surface area contributed by atoms with Gasteiger partial charge in [-0.05, 0) is 36.3 Å². The van der Waals surface area contributed by atoms with Crippen molar-refractivity contribution in [3.05, 3.63) is 0 Å². The van der Waals surface area contributed by atoms with Crippen LogP contribution in [-0.4, -0.2) is 70.6 Å². The first-order valence-corrected chi connectivity index (χ1v) is 16.9. The van der Waals surface area contributed by atoms with Gasteiger partial charge in [-0.2, -0.15) is 0 Å². The average molecular weight is 488 g/mol. The third-order valence-electron chi connectivity index (χ3n) is 7.18. The lowest BCUT2D eigenvalue weighted by Crippen LogP contribution is -2.51. The molecule has 11 heteroatoms. The molecule has 0 aliphatic carbocycles. The number of amides is 3. The summed E-state index contributed by atoms with van der Waals surface area (Å²) in [5.74, 6) is -0.352. The summed E-state index contributed by atoms with van der Waals surface area (Å²) in [6.45, 7) is 23.4. The van der Waals surface area contributed by atoms with Gasteiger partial charge in [-0.25, -0.2) is 9.69 Å². The van der Waals surface area contributed by atoms with Gasteiger partial charge in [0.15, 0.2) is 29.0 Å². The number of urea groups is 1. The minimum atomic E-state index is -2.23. The van der Waals surface area contributed by atoms with Crippen LogP contribution < -0.4 is 5.73 Å². The molecule has 184 valence electrons. The van der Waals surface area contributed by atoms with Gasteiger partial charge in [0.2, 0.25) is 5.91 Å². The van der Waals surface area contributed by atoms with Crippen LogP contribution in [0, 0.1) is 0 Å². The lowest BCUT2D eigenvalue weighted by Gasteiger charge is -2.41. The first-order valence-electron chi connectivity index (χ1n) is 11.1. The Kier molecular flexibility index (Phi) is 7.44. The van der Waals surface area contributed by atoms with Crippen molar-refractivity contribution in [3.63, 3.8) is 0 Å². The Balaban J connectivity index is 2.38. The average Bonchev–Trinajstić information content (AvgIpc) is 3.06. The van der Waals surface area contributed by atoms with Gasteiger partial charge in [-0.3, -0.25) is 4.79 Å². The molecule has 3 amide bonds. The molecule has 0 bridgehead atoms. The maximum atomic E-state index is 12.4. The van der Waals surface area contributed by atoms with E-state index in [1.807, 2.05) is 0 Å². The fraction of sp³-hybridized carbons (Fsp3) is 0.857. The molecular weight excluding hydrogens is 446 g/mol. The minimum absolute atomic E-state index is 0.0422. The second-order valence-electron chi connectivity index (χ2n) is 11.7. The number of hydrogen-bond donors (Lipinski definition) is 1. The molecule has 0 unspecified atom stereocenters. The summed E-state index contributed by atoms with van der Waals surface area (Å²) in [6, 6.07) is -1.08. The Morgan fingerprint density at radius 2 is 1.59 bits per heavy atom. The molecule has 2 N–H and O–H groups in total. The van der Waals surface area contributed by atoms with Gasteiger partial charge in [0.05, 0.1) is 6.61 Å². The van der Waals surface area contributed by atoms with Gasteiger partial charge in [0.25, 0.3) is 0 Å². The lowest BCUT2D eigenvalue weighted by molar-refractivity contribution is -0.134. The molecule has 2 aliphatic rings. The maximum absolute atomic E-state index is 12.4. The highest BCUT2D eigenvalue weighted by Gasteiger charge is 2.59. The molecule has 32 heavy (non-hydrogen) atoms. The van der Waals surface area contributed by atoms with E-state index in [1.165, 1.54) is 11.8 Å². The van der Waals surface area contributed by atoms with Gasteiger partial charge in [-0.15, -0.1) is 4.99 Å². The maximum Gasteiger partial charge on any atom is 0.342 e. The SMILES string of the molecule is CC(=O)N1/C(=N\C(N)=O)O[C@H]2[C@H](O[Si](C)(C)C(C)(C)C)[C@@H](CO[Si](C)(C)C(C)(C)C)O[C@H]21. The highest BCUT2D eigenvalue weighted by molar-refractivity contribution is 6.74. The van der Waals surface area contributed by atoms with Crippen molar-refractivity contribution in [1.82, 2.24) is 4.90 Å². The van der Waals surface area contributed by atoms with E-state index < -0.39 is 47.2 Å². The van der Waals surface area contributed by atoms with Crippen molar-refractivity contribution in [3.8, 4) is 0 Å². The van der Waals surface area contributed by atoms with E-state index in [9.17, 15) is 9.59 Å². The molecule has 2 aliphatic heterocycles. The van der Waals surface area contributed by atoms with E-state index in [4.69, 9.17) is 24.1 Å². The molecule has 9 nitrogen and oxygen atoms in total. The molecule has 2 saturated heterocycles. The van der Waals surface area contributed by atoms with E-state index >= 15 is 0 Å². The predicted octanol–water partition coefficient (Wildman–Crippen LogP) is 3.81. The molecular formula is C21H41N3O6Si2. The Bertz CT molecular complexity index is 772. The Morgan fingerprint density at radius 1 is 1.06 bits per heavy atom. The Morgan fingerprint density at radius 3 is 2.03 bits per heavy atom. The van der Waals surface area contributed by atoms with Crippen LogP contribution in [0.2, 0.25) is 36.3 Å². The summed E-state index contributed by atoms with van der Waals surface area (Å²) in [6.07, 6.45) is -2.29. The van der Waals surface area contributed by atoms with E-state index in [1.54, 1.807) is 0 Å². The summed E-state index contributed by atoms with van der Waals surface area (Å²) >= 11 is 0. The highest BCUT2D eigenvalue weighted by atomic mass is 28.4. The van der Waals surface area contributed by atoms with Crippen LogP contribution in [0.4, 0.5) is 4.79 Å². The number of nitrogens with two attached hydrogens (primary N) is 1. The summed E-state index contributed by atoms with van der Waals surface area (Å²) < 4.78 is 25.4. The third-order valence-corrected chi connectivity index (χ3v) is 16.2. The topological polar surface area (TPSA) is 113 Å². The highest BCUT2D eigenvalue weighted by Crippen LogP contribution is 2.43. The number of hydrogen-bond acceptors (Lipinski definition) is 6.